The molecule has 4 saturated heterocycles. The summed E-state index contributed by atoms with van der Waals surface area (Å²) >= 11 is 0. The monoisotopic (exact) mass is 731 g/mol. The van der Waals surface area contributed by atoms with Gasteiger partial charge in [-0.15, -0.1) is 0 Å². The maximum Gasteiger partial charge on any atom is 0.407 e. The Hall–Kier alpha value is -5.08. The van der Waals surface area contributed by atoms with Gasteiger partial charge in [-0.1, -0.05) is 48.5 Å². The van der Waals surface area contributed by atoms with Gasteiger partial charge in [0, 0.05) is 25.2 Å². The number of carbonyl (C=O) groups excluding carboxylic acids is 2. The van der Waals surface area contributed by atoms with Crippen molar-refractivity contribution in [2.45, 2.75) is 56.0 Å². The van der Waals surface area contributed by atoms with E-state index >= 15 is 0 Å². The van der Waals surface area contributed by atoms with Gasteiger partial charge in [-0.3, -0.25) is 4.79 Å². The quantitative estimate of drug-likeness (QED) is 0.153. The lowest BCUT2D eigenvalue weighted by molar-refractivity contribution is -0.154. The molecule has 4 aliphatic rings. The minimum absolute atomic E-state index is 0.0907. The summed E-state index contributed by atoms with van der Waals surface area (Å²) in [4.78, 5) is 45.0. The Morgan fingerprint density at radius 2 is 1.48 bits per heavy atom. The molecule has 0 radical (unpaired) electrons. The van der Waals surface area contributed by atoms with E-state index in [1.807, 2.05) is 12.4 Å². The predicted molar refractivity (Wildman–Crippen MR) is 201 cm³/mol. The third-order valence-electron chi connectivity index (χ3n) is 11.4. The van der Waals surface area contributed by atoms with Crippen molar-refractivity contribution in [3.8, 4) is 33.6 Å². The number of hydrogen-bond donors (Lipinski definition) is 4. The van der Waals surface area contributed by atoms with E-state index in [1.54, 1.807) is 4.90 Å². The zero-order valence-electron chi connectivity index (χ0n) is 30.3. The molecular formula is C41H45N7O6. The van der Waals surface area contributed by atoms with Gasteiger partial charge in [0.2, 0.25) is 5.91 Å². The number of nitrogens with zero attached hydrogens (tertiary/aromatic N) is 3. The number of nitrogens with one attached hydrogen (secondary N) is 4. The molecular weight excluding hydrogens is 686 g/mol. The maximum absolute atomic E-state index is 14.4. The maximum atomic E-state index is 14.4. The number of H-pyrrole nitrogens is 2. The number of likely N-dealkylation sites (tertiary alicyclic amines) is 1. The zero-order chi connectivity index (χ0) is 36.6. The van der Waals surface area contributed by atoms with E-state index in [0.717, 1.165) is 63.2 Å². The number of amides is 2. The largest absolute Gasteiger partial charge is 0.453 e. The first-order chi connectivity index (χ1) is 26.4. The van der Waals surface area contributed by atoms with Crippen molar-refractivity contribution >= 4 is 22.8 Å². The lowest BCUT2D eigenvalue weighted by atomic mass is 9.90. The molecule has 13 nitrogen and oxygen atoms in total. The van der Waals surface area contributed by atoms with Crippen LogP contribution in [0, 0.1) is 5.92 Å². The van der Waals surface area contributed by atoms with Gasteiger partial charge < -0.3 is 44.4 Å². The number of aromatic nitrogens is 4. The van der Waals surface area contributed by atoms with Gasteiger partial charge in [-0.05, 0) is 77.7 Å². The van der Waals surface area contributed by atoms with E-state index < -0.39 is 24.0 Å². The lowest BCUT2D eigenvalue weighted by Gasteiger charge is -2.34. The van der Waals surface area contributed by atoms with E-state index in [2.05, 4.69) is 86.2 Å². The van der Waals surface area contributed by atoms with Crippen molar-refractivity contribution in [3.05, 3.63) is 84.7 Å². The first-order valence-corrected chi connectivity index (χ1v) is 18.9. The van der Waals surface area contributed by atoms with Gasteiger partial charge in [0.25, 0.3) is 0 Å². The van der Waals surface area contributed by atoms with E-state index in [0.29, 0.717) is 57.6 Å². The number of methoxy groups -OCH3 is 1. The first-order valence-electron chi connectivity index (χ1n) is 18.9. The summed E-state index contributed by atoms with van der Waals surface area (Å²) in [6.45, 7) is 3.25. The number of ether oxygens (including phenoxy) is 4. The molecule has 54 heavy (non-hydrogen) atoms. The topological polar surface area (TPSA) is 156 Å². The summed E-state index contributed by atoms with van der Waals surface area (Å²) in [5.41, 5.74) is 6.25. The smallest absolute Gasteiger partial charge is 0.407 e. The molecule has 3 aromatic carbocycles. The van der Waals surface area contributed by atoms with Crippen molar-refractivity contribution in [2.24, 2.45) is 5.92 Å². The van der Waals surface area contributed by atoms with Gasteiger partial charge in [-0.2, -0.15) is 0 Å². The summed E-state index contributed by atoms with van der Waals surface area (Å²) in [6, 6.07) is 20.6. The average molecular weight is 732 g/mol. The van der Waals surface area contributed by atoms with Crippen LogP contribution in [0.2, 0.25) is 0 Å². The Labute approximate surface area is 313 Å². The number of aromatic amines is 2. The van der Waals surface area contributed by atoms with Crippen molar-refractivity contribution in [2.75, 3.05) is 46.6 Å². The minimum Gasteiger partial charge on any atom is -0.453 e. The molecule has 280 valence electrons. The molecule has 9 rings (SSSR count). The highest BCUT2D eigenvalue weighted by Gasteiger charge is 2.53. The van der Waals surface area contributed by atoms with Crippen LogP contribution in [0.1, 0.15) is 55.8 Å². The highest BCUT2D eigenvalue weighted by atomic mass is 16.7. The third kappa shape index (κ3) is 6.77. The van der Waals surface area contributed by atoms with Gasteiger partial charge in [0.05, 0.1) is 62.7 Å². The first kappa shape index (κ1) is 34.7. The van der Waals surface area contributed by atoms with Crippen LogP contribution in [0.25, 0.3) is 44.4 Å². The van der Waals surface area contributed by atoms with Gasteiger partial charge >= 0.3 is 6.09 Å². The highest BCUT2D eigenvalue weighted by molar-refractivity contribution is 5.91. The number of carbonyl (C=O) groups is 2. The number of fused-ring (bicyclic) bond motifs is 1. The number of hydrogen-bond acceptors (Lipinski definition) is 9. The van der Waals surface area contributed by atoms with Crippen LogP contribution in [-0.2, 0) is 23.7 Å². The van der Waals surface area contributed by atoms with Gasteiger partial charge in [0.15, 0.2) is 5.79 Å². The van der Waals surface area contributed by atoms with Crippen LogP contribution >= 0.6 is 0 Å². The minimum atomic E-state index is -0.922. The molecule has 0 bridgehead atoms. The summed E-state index contributed by atoms with van der Waals surface area (Å²) in [5, 5.41) is 8.56. The molecule has 4 N–H and O–H groups in total. The van der Waals surface area contributed by atoms with Crippen LogP contribution in [-0.4, -0.2) is 95.3 Å². The van der Waals surface area contributed by atoms with Crippen LogP contribution < -0.4 is 10.6 Å². The van der Waals surface area contributed by atoms with Gasteiger partial charge in [0.1, 0.15) is 17.7 Å². The van der Waals surface area contributed by atoms with E-state index in [9.17, 15) is 9.59 Å². The summed E-state index contributed by atoms with van der Waals surface area (Å²) in [7, 11) is 1.30. The van der Waals surface area contributed by atoms with Crippen LogP contribution in [0.5, 0.6) is 0 Å². The molecule has 5 aromatic rings. The molecule has 3 atom stereocenters. The number of benzene rings is 3. The van der Waals surface area contributed by atoms with E-state index in [1.165, 1.54) is 13.5 Å². The summed E-state index contributed by atoms with van der Waals surface area (Å²) in [5.74, 6) is 0.420. The molecule has 1 spiro atoms. The van der Waals surface area contributed by atoms with Crippen LogP contribution in [0.3, 0.4) is 0 Å². The Balaban J connectivity index is 0.938. The lowest BCUT2D eigenvalue weighted by Crippen LogP contribution is -2.54. The molecule has 1 unspecified atom stereocenters. The number of alkyl carbamates (subject to hydrolysis) is 1. The fourth-order valence-electron chi connectivity index (χ4n) is 8.48. The van der Waals surface area contributed by atoms with Crippen LogP contribution in [0.15, 0.2) is 73.1 Å². The molecule has 2 aromatic heterocycles. The second kappa shape index (κ2) is 14.6. The second-order valence-corrected chi connectivity index (χ2v) is 14.7. The second-order valence-electron chi connectivity index (χ2n) is 14.7. The molecule has 4 aliphatic heterocycles. The van der Waals surface area contributed by atoms with Crippen LogP contribution in [0.4, 0.5) is 4.79 Å². The molecule has 6 heterocycles. The molecule has 4 fully saturated rings. The standard InChI is InChI=1S/C41H45N7O6/c1-51-40(50)47-36(27-12-15-52-16-13-27)39(49)48-24-41(53-17-18-54-41)21-35(48)38-44-23-34(46-38)31-11-10-29-19-28(8-9-30(29)20-31)25-4-6-26(7-5-25)33-22-43-37(45-33)32-3-2-14-42-32/h4-11,19-20,22-23,27,32,35-36,42H,2-3,12-18,21,24H2,1H3,(H,43,45)(H,44,46)(H,47,50)/t32?,35-,36-/m0/s1. The Kier molecular flexibility index (Phi) is 9.39. The summed E-state index contributed by atoms with van der Waals surface area (Å²) < 4.78 is 22.6. The number of rotatable bonds is 8. The molecule has 0 aliphatic carbocycles. The normalized spacial score (nSPS) is 21.9. The average Bonchev–Trinajstić information content (AvgIpc) is 4.08. The van der Waals surface area contributed by atoms with E-state index in [4.69, 9.17) is 23.9 Å². The predicted octanol–water partition coefficient (Wildman–Crippen LogP) is 5.88. The Bertz CT molecular complexity index is 2130. The fraction of sp³-hybridized carbons (Fsp3) is 0.415. The van der Waals surface area contributed by atoms with Crippen molar-refractivity contribution in [1.82, 2.24) is 35.5 Å². The molecule has 2 amide bonds. The summed E-state index contributed by atoms with van der Waals surface area (Å²) in [6.07, 6.45) is 7.12. The highest BCUT2D eigenvalue weighted by Crippen LogP contribution is 2.43. The van der Waals surface area contributed by atoms with E-state index in [-0.39, 0.29) is 18.4 Å². The Morgan fingerprint density at radius 3 is 2.20 bits per heavy atom. The van der Waals surface area contributed by atoms with Crippen molar-refractivity contribution in [3.63, 3.8) is 0 Å². The molecule has 0 saturated carbocycles. The third-order valence-corrected chi connectivity index (χ3v) is 11.4. The van der Waals surface area contributed by atoms with Gasteiger partial charge in [-0.25, -0.2) is 14.8 Å². The van der Waals surface area contributed by atoms with Crippen molar-refractivity contribution in [1.29, 1.82) is 0 Å². The fourth-order valence-corrected chi connectivity index (χ4v) is 8.48. The molecule has 13 heteroatoms. The Morgan fingerprint density at radius 1 is 0.833 bits per heavy atom. The number of imidazole rings is 2. The zero-order valence-corrected chi connectivity index (χ0v) is 30.3. The van der Waals surface area contributed by atoms with Crippen molar-refractivity contribution < 1.29 is 28.5 Å². The SMILES string of the molecule is COC(=O)N[C@H](C(=O)N1CC2(C[C@H]1c1ncc(-c3ccc4cc(-c5ccc(-c6cnc(C7CCCN7)[nH]6)cc5)ccc4c3)[nH]1)OCCO2)C1CCOCC1.